The Bertz CT molecular complexity index is 619. The van der Waals surface area contributed by atoms with Crippen LogP contribution in [-0.2, 0) is 10.2 Å². The van der Waals surface area contributed by atoms with Crippen molar-refractivity contribution in [2.24, 2.45) is 0 Å². The lowest BCUT2D eigenvalue weighted by molar-refractivity contribution is -0.122. The van der Waals surface area contributed by atoms with Crippen LogP contribution in [0, 0.1) is 0 Å². The summed E-state index contributed by atoms with van der Waals surface area (Å²) in [6.45, 7) is 13.0. The molecule has 2 atom stereocenters. The highest BCUT2D eigenvalue weighted by Gasteiger charge is 2.24. The van der Waals surface area contributed by atoms with Crippen LogP contribution in [0.15, 0.2) is 24.3 Å². The number of nitrogens with zero attached hydrogens (tertiary/aromatic N) is 1. The fourth-order valence-corrected chi connectivity index (χ4v) is 3.38. The molecule has 2 rings (SSSR count). The first kappa shape index (κ1) is 20.4. The molecule has 1 fully saturated rings. The van der Waals surface area contributed by atoms with Crippen LogP contribution in [-0.4, -0.2) is 48.4 Å². The lowest BCUT2D eigenvalue weighted by Crippen LogP contribution is -2.48. The highest BCUT2D eigenvalue weighted by atomic mass is 16.2. The van der Waals surface area contributed by atoms with Gasteiger partial charge >= 0.3 is 0 Å². The molecule has 26 heavy (non-hydrogen) atoms. The Morgan fingerprint density at radius 1 is 1.23 bits per heavy atom. The van der Waals surface area contributed by atoms with Crippen LogP contribution in [0.5, 0.6) is 0 Å². The average molecular weight is 360 g/mol. The minimum Gasteiger partial charge on any atom is -0.353 e. The maximum Gasteiger partial charge on any atom is 0.251 e. The van der Waals surface area contributed by atoms with Crippen molar-refractivity contribution >= 4 is 11.8 Å². The van der Waals surface area contributed by atoms with E-state index < -0.39 is 6.04 Å². The van der Waals surface area contributed by atoms with Crippen LogP contribution < -0.4 is 10.6 Å². The molecule has 0 spiro atoms. The molecule has 5 heteroatoms. The van der Waals surface area contributed by atoms with Gasteiger partial charge in [0.1, 0.15) is 6.04 Å². The Balaban J connectivity index is 1.85. The van der Waals surface area contributed by atoms with Gasteiger partial charge in [-0.05, 0) is 56.0 Å². The molecule has 1 aromatic rings. The molecular weight excluding hydrogens is 326 g/mol. The number of likely N-dealkylation sites (tertiary alicyclic amines) is 1. The van der Waals surface area contributed by atoms with E-state index in [0.717, 1.165) is 19.5 Å². The molecule has 2 unspecified atom stereocenters. The minimum atomic E-state index is -0.554. The zero-order chi connectivity index (χ0) is 19.3. The summed E-state index contributed by atoms with van der Waals surface area (Å²) in [5, 5.41) is 5.77. The molecule has 1 aliphatic heterocycles. The zero-order valence-electron chi connectivity index (χ0n) is 16.8. The molecule has 2 N–H and O–H groups in total. The van der Waals surface area contributed by atoms with E-state index in [2.05, 4.69) is 43.2 Å². The Hall–Kier alpha value is -1.88. The fraction of sp³-hybridized carbons (Fsp3) is 0.619. The normalized spacial score (nSPS) is 19.2. The topological polar surface area (TPSA) is 61.4 Å². The van der Waals surface area contributed by atoms with E-state index in [-0.39, 0.29) is 17.2 Å². The van der Waals surface area contributed by atoms with Crippen LogP contribution in [0.1, 0.15) is 63.4 Å². The number of nitrogens with one attached hydrogen (secondary N) is 2. The molecule has 1 saturated heterocycles. The first-order valence-electron chi connectivity index (χ1n) is 9.65. The molecule has 0 aliphatic carbocycles. The van der Waals surface area contributed by atoms with Crippen molar-refractivity contribution < 1.29 is 9.59 Å². The summed E-state index contributed by atoms with van der Waals surface area (Å²) in [6, 6.07) is 7.44. The number of carbonyl (C=O) groups excluding carboxylic acids is 2. The van der Waals surface area contributed by atoms with Crippen molar-refractivity contribution in [1.82, 2.24) is 15.5 Å². The van der Waals surface area contributed by atoms with Crippen LogP contribution in [0.2, 0.25) is 0 Å². The molecule has 5 nitrogen and oxygen atoms in total. The molecule has 0 saturated carbocycles. The van der Waals surface area contributed by atoms with Gasteiger partial charge in [-0.15, -0.1) is 0 Å². The third-order valence-corrected chi connectivity index (χ3v) is 5.17. The molecule has 0 aromatic heterocycles. The molecule has 1 heterocycles. The second-order valence-corrected chi connectivity index (χ2v) is 8.19. The number of hydrogen-bond donors (Lipinski definition) is 2. The Kier molecular flexibility index (Phi) is 6.81. The van der Waals surface area contributed by atoms with E-state index in [0.29, 0.717) is 18.2 Å². The molecule has 0 bridgehead atoms. The van der Waals surface area contributed by atoms with E-state index in [1.54, 1.807) is 6.92 Å². The number of likely N-dealkylation sites (N-methyl/N-ethyl adjacent to an activating group) is 1. The van der Waals surface area contributed by atoms with Crippen molar-refractivity contribution in [3.63, 3.8) is 0 Å². The molecule has 1 aromatic carbocycles. The van der Waals surface area contributed by atoms with Crippen molar-refractivity contribution in [3.05, 3.63) is 35.4 Å². The van der Waals surface area contributed by atoms with Gasteiger partial charge in [-0.2, -0.15) is 0 Å². The Labute approximate surface area is 157 Å². The summed E-state index contributed by atoms with van der Waals surface area (Å²) in [5.74, 6) is -0.350. The molecular formula is C21H33N3O2. The van der Waals surface area contributed by atoms with Gasteiger partial charge in [-0.3, -0.25) is 14.5 Å². The summed E-state index contributed by atoms with van der Waals surface area (Å²) >= 11 is 0. The number of hydrogen-bond acceptors (Lipinski definition) is 3. The van der Waals surface area contributed by atoms with Gasteiger partial charge in [0.15, 0.2) is 0 Å². The maximum absolute atomic E-state index is 12.4. The van der Waals surface area contributed by atoms with Gasteiger partial charge in [0.25, 0.3) is 5.91 Å². The first-order valence-corrected chi connectivity index (χ1v) is 9.65. The highest BCUT2D eigenvalue weighted by Crippen LogP contribution is 2.22. The van der Waals surface area contributed by atoms with Crippen LogP contribution in [0.25, 0.3) is 0 Å². The maximum atomic E-state index is 12.4. The SMILES string of the molecule is CCN1CCCC1CNC(=O)C(C)NC(=O)c1ccc(C(C)(C)C)cc1. The molecule has 144 valence electrons. The van der Waals surface area contributed by atoms with E-state index in [1.807, 2.05) is 24.3 Å². The average Bonchev–Trinajstić information content (AvgIpc) is 3.06. The van der Waals surface area contributed by atoms with Crippen molar-refractivity contribution in [3.8, 4) is 0 Å². The zero-order valence-corrected chi connectivity index (χ0v) is 16.8. The monoisotopic (exact) mass is 359 g/mol. The van der Waals surface area contributed by atoms with Gasteiger partial charge in [-0.1, -0.05) is 39.8 Å². The predicted molar refractivity (Wildman–Crippen MR) is 105 cm³/mol. The van der Waals surface area contributed by atoms with Crippen molar-refractivity contribution in [2.75, 3.05) is 19.6 Å². The smallest absolute Gasteiger partial charge is 0.251 e. The summed E-state index contributed by atoms with van der Waals surface area (Å²) in [5.41, 5.74) is 1.80. The lowest BCUT2D eigenvalue weighted by Gasteiger charge is -2.24. The third kappa shape index (κ3) is 5.31. The van der Waals surface area contributed by atoms with Gasteiger partial charge < -0.3 is 10.6 Å². The van der Waals surface area contributed by atoms with Gasteiger partial charge in [0.05, 0.1) is 0 Å². The predicted octanol–water partition coefficient (Wildman–Crippen LogP) is 2.70. The largest absolute Gasteiger partial charge is 0.353 e. The van der Waals surface area contributed by atoms with Crippen molar-refractivity contribution in [1.29, 1.82) is 0 Å². The van der Waals surface area contributed by atoms with E-state index in [4.69, 9.17) is 0 Å². The van der Waals surface area contributed by atoms with E-state index in [1.165, 1.54) is 12.0 Å². The number of benzene rings is 1. The molecule has 0 radical (unpaired) electrons. The fourth-order valence-electron chi connectivity index (χ4n) is 3.38. The van der Waals surface area contributed by atoms with Gasteiger partial charge in [-0.25, -0.2) is 0 Å². The second kappa shape index (κ2) is 8.67. The summed E-state index contributed by atoms with van der Waals surface area (Å²) in [7, 11) is 0. The number of rotatable bonds is 6. The highest BCUT2D eigenvalue weighted by molar-refractivity contribution is 5.97. The quantitative estimate of drug-likeness (QED) is 0.821. The number of carbonyl (C=O) groups is 2. The summed E-state index contributed by atoms with van der Waals surface area (Å²) in [6.07, 6.45) is 2.31. The summed E-state index contributed by atoms with van der Waals surface area (Å²) in [4.78, 5) is 27.1. The molecule has 2 amide bonds. The van der Waals surface area contributed by atoms with Crippen LogP contribution >= 0.6 is 0 Å². The first-order chi connectivity index (χ1) is 12.2. The van der Waals surface area contributed by atoms with E-state index >= 15 is 0 Å². The lowest BCUT2D eigenvalue weighted by atomic mass is 9.86. The minimum absolute atomic E-state index is 0.0504. The van der Waals surface area contributed by atoms with Crippen LogP contribution in [0.3, 0.4) is 0 Å². The third-order valence-electron chi connectivity index (χ3n) is 5.17. The summed E-state index contributed by atoms with van der Waals surface area (Å²) < 4.78 is 0. The second-order valence-electron chi connectivity index (χ2n) is 8.19. The standard InChI is InChI=1S/C21H33N3O2/c1-6-24-13-7-8-18(24)14-22-19(25)15(2)23-20(26)16-9-11-17(12-10-16)21(3,4)5/h9-12,15,18H,6-8,13-14H2,1-5H3,(H,22,25)(H,23,26). The van der Waals surface area contributed by atoms with Gasteiger partial charge in [0.2, 0.25) is 5.91 Å². The van der Waals surface area contributed by atoms with E-state index in [9.17, 15) is 9.59 Å². The molecule has 1 aliphatic rings. The Morgan fingerprint density at radius 3 is 2.46 bits per heavy atom. The number of amides is 2. The Morgan fingerprint density at radius 2 is 1.88 bits per heavy atom. The van der Waals surface area contributed by atoms with Gasteiger partial charge in [0, 0.05) is 18.2 Å². The van der Waals surface area contributed by atoms with Crippen LogP contribution in [0.4, 0.5) is 0 Å². The van der Waals surface area contributed by atoms with Crippen molar-refractivity contribution in [2.45, 2.75) is 65.0 Å².